The molecule has 2 unspecified atom stereocenters. The van der Waals surface area contributed by atoms with E-state index in [1.54, 1.807) is 34.1 Å². The number of amides is 3. The Morgan fingerprint density at radius 2 is 1.96 bits per heavy atom. The van der Waals surface area contributed by atoms with E-state index in [0.29, 0.717) is 24.5 Å². The average Bonchev–Trinajstić information content (AvgIpc) is 3.21. The molecule has 140 valence electrons. The summed E-state index contributed by atoms with van der Waals surface area (Å²) < 4.78 is 5.14. The first-order valence-electron chi connectivity index (χ1n) is 8.71. The number of hydrogen-bond donors (Lipinski definition) is 1. The lowest BCUT2D eigenvalue weighted by atomic mass is 9.98. The van der Waals surface area contributed by atoms with Crippen LogP contribution in [0.3, 0.4) is 0 Å². The molecular weight excluding hydrogens is 370 g/mol. The van der Waals surface area contributed by atoms with Crippen molar-refractivity contribution in [3.8, 4) is 0 Å². The lowest BCUT2D eigenvalue weighted by molar-refractivity contribution is -0.152. The Kier molecular flexibility index (Phi) is 4.61. The number of nitrogens with one attached hydrogen (secondary N) is 1. The van der Waals surface area contributed by atoms with E-state index < -0.39 is 12.1 Å². The van der Waals surface area contributed by atoms with Crippen molar-refractivity contribution in [3.63, 3.8) is 0 Å². The van der Waals surface area contributed by atoms with E-state index in [1.807, 2.05) is 12.1 Å². The normalized spacial score (nSPS) is 22.4. The van der Waals surface area contributed by atoms with Crippen molar-refractivity contribution in [2.24, 2.45) is 0 Å². The molecular formula is C19H18ClN3O4. The summed E-state index contributed by atoms with van der Waals surface area (Å²) in [6.45, 7) is 0.841. The Hall–Kier alpha value is -2.80. The molecule has 0 aliphatic carbocycles. The SMILES string of the molecule is O=C1NC(Cc2ccc(Cl)cc2)C(=O)N2CCN(C(=O)c3ccco3)CC12. The van der Waals surface area contributed by atoms with Crippen LogP contribution >= 0.6 is 11.6 Å². The monoisotopic (exact) mass is 387 g/mol. The highest BCUT2D eigenvalue weighted by atomic mass is 35.5. The smallest absolute Gasteiger partial charge is 0.289 e. The zero-order valence-corrected chi connectivity index (χ0v) is 15.2. The van der Waals surface area contributed by atoms with Gasteiger partial charge in [-0.05, 0) is 29.8 Å². The Morgan fingerprint density at radius 1 is 1.19 bits per heavy atom. The van der Waals surface area contributed by atoms with Crippen LogP contribution in [0.2, 0.25) is 5.02 Å². The Bertz CT molecular complexity index is 866. The van der Waals surface area contributed by atoms with Crippen molar-refractivity contribution in [2.45, 2.75) is 18.5 Å². The number of hydrogen-bond acceptors (Lipinski definition) is 4. The van der Waals surface area contributed by atoms with Gasteiger partial charge in [0.15, 0.2) is 5.76 Å². The fourth-order valence-electron chi connectivity index (χ4n) is 3.54. The van der Waals surface area contributed by atoms with E-state index in [9.17, 15) is 14.4 Å². The van der Waals surface area contributed by atoms with E-state index in [2.05, 4.69) is 5.32 Å². The highest BCUT2D eigenvalue weighted by Crippen LogP contribution is 2.20. The third kappa shape index (κ3) is 3.42. The molecule has 7 nitrogen and oxygen atoms in total. The van der Waals surface area contributed by atoms with Crippen LogP contribution in [-0.2, 0) is 16.0 Å². The average molecular weight is 388 g/mol. The van der Waals surface area contributed by atoms with E-state index in [1.165, 1.54) is 6.26 Å². The van der Waals surface area contributed by atoms with Gasteiger partial charge in [0.1, 0.15) is 12.1 Å². The van der Waals surface area contributed by atoms with Gasteiger partial charge in [-0.2, -0.15) is 0 Å². The first-order valence-corrected chi connectivity index (χ1v) is 9.09. The third-order valence-electron chi connectivity index (χ3n) is 4.95. The van der Waals surface area contributed by atoms with Crippen molar-refractivity contribution >= 4 is 29.3 Å². The topological polar surface area (TPSA) is 82.9 Å². The van der Waals surface area contributed by atoms with Crippen LogP contribution in [-0.4, -0.2) is 59.2 Å². The maximum atomic E-state index is 12.8. The number of fused-ring (bicyclic) bond motifs is 1. The van der Waals surface area contributed by atoms with E-state index in [0.717, 1.165) is 5.56 Å². The Morgan fingerprint density at radius 3 is 2.67 bits per heavy atom. The van der Waals surface area contributed by atoms with Gasteiger partial charge in [-0.1, -0.05) is 23.7 Å². The largest absolute Gasteiger partial charge is 0.459 e. The molecule has 2 aliphatic rings. The van der Waals surface area contributed by atoms with Crippen LogP contribution in [0.15, 0.2) is 47.1 Å². The number of furan rings is 1. The predicted molar refractivity (Wildman–Crippen MR) is 97.2 cm³/mol. The Labute approximate surface area is 160 Å². The van der Waals surface area contributed by atoms with Gasteiger partial charge in [-0.15, -0.1) is 0 Å². The van der Waals surface area contributed by atoms with Gasteiger partial charge in [-0.3, -0.25) is 14.4 Å². The molecule has 2 aromatic rings. The van der Waals surface area contributed by atoms with Gasteiger partial charge in [0, 0.05) is 24.5 Å². The molecule has 0 radical (unpaired) electrons. The van der Waals surface area contributed by atoms with Crippen LogP contribution < -0.4 is 5.32 Å². The van der Waals surface area contributed by atoms with E-state index in [4.69, 9.17) is 16.0 Å². The molecule has 1 aromatic heterocycles. The van der Waals surface area contributed by atoms with Crippen LogP contribution in [0.4, 0.5) is 0 Å². The highest BCUT2D eigenvalue weighted by molar-refractivity contribution is 6.30. The lowest BCUT2D eigenvalue weighted by Gasteiger charge is -2.45. The summed E-state index contributed by atoms with van der Waals surface area (Å²) in [7, 11) is 0. The third-order valence-corrected chi connectivity index (χ3v) is 5.20. The van der Waals surface area contributed by atoms with Crippen molar-refractivity contribution in [1.29, 1.82) is 0 Å². The maximum absolute atomic E-state index is 12.8. The second-order valence-corrected chi connectivity index (χ2v) is 7.10. The number of rotatable bonds is 3. The molecule has 2 aliphatic heterocycles. The second-order valence-electron chi connectivity index (χ2n) is 6.67. The molecule has 27 heavy (non-hydrogen) atoms. The number of halogens is 1. The summed E-state index contributed by atoms with van der Waals surface area (Å²) in [5.41, 5.74) is 0.920. The summed E-state index contributed by atoms with van der Waals surface area (Å²) in [6.07, 6.45) is 1.84. The lowest BCUT2D eigenvalue weighted by Crippen LogP contribution is -2.70. The molecule has 3 heterocycles. The fraction of sp³-hybridized carbons (Fsp3) is 0.316. The molecule has 3 amide bonds. The molecule has 0 bridgehead atoms. The minimum atomic E-state index is -0.674. The number of nitrogens with zero attached hydrogens (tertiary/aromatic N) is 2. The zero-order valence-electron chi connectivity index (χ0n) is 14.4. The minimum Gasteiger partial charge on any atom is -0.459 e. The fourth-order valence-corrected chi connectivity index (χ4v) is 3.66. The van der Waals surface area contributed by atoms with Gasteiger partial charge < -0.3 is 19.5 Å². The van der Waals surface area contributed by atoms with Gasteiger partial charge >= 0.3 is 0 Å². The van der Waals surface area contributed by atoms with Crippen LogP contribution in [0.25, 0.3) is 0 Å². The van der Waals surface area contributed by atoms with Crippen molar-refractivity contribution in [3.05, 3.63) is 59.0 Å². The number of piperazine rings is 2. The first kappa shape index (κ1) is 17.6. The zero-order chi connectivity index (χ0) is 19.0. The summed E-state index contributed by atoms with van der Waals surface area (Å²) in [6, 6.07) is 9.14. The van der Waals surface area contributed by atoms with Gasteiger partial charge in [-0.25, -0.2) is 0 Å². The highest BCUT2D eigenvalue weighted by Gasteiger charge is 2.44. The standard InChI is InChI=1S/C19H18ClN3O4/c20-13-5-3-12(4-6-13)10-14-18(25)23-8-7-22(11-15(23)17(24)21-14)19(26)16-2-1-9-27-16/h1-6,9,14-15H,7-8,10-11H2,(H,21,24). The predicted octanol–water partition coefficient (Wildman–Crippen LogP) is 1.33. The van der Waals surface area contributed by atoms with E-state index >= 15 is 0 Å². The van der Waals surface area contributed by atoms with Gasteiger partial charge in [0.05, 0.1) is 12.8 Å². The maximum Gasteiger partial charge on any atom is 0.289 e. The van der Waals surface area contributed by atoms with E-state index in [-0.39, 0.29) is 30.0 Å². The molecule has 0 saturated carbocycles. The molecule has 8 heteroatoms. The van der Waals surface area contributed by atoms with Gasteiger partial charge in [0.2, 0.25) is 11.8 Å². The molecule has 4 rings (SSSR count). The second kappa shape index (κ2) is 7.08. The molecule has 0 spiro atoms. The van der Waals surface area contributed by atoms with Crippen LogP contribution in [0, 0.1) is 0 Å². The molecule has 2 saturated heterocycles. The molecule has 2 fully saturated rings. The van der Waals surface area contributed by atoms with Crippen molar-refractivity contribution < 1.29 is 18.8 Å². The number of carbonyl (C=O) groups is 3. The molecule has 1 N–H and O–H groups in total. The number of benzene rings is 1. The summed E-state index contributed by atoms with van der Waals surface area (Å²) in [5.74, 6) is -0.417. The van der Waals surface area contributed by atoms with Crippen molar-refractivity contribution in [1.82, 2.24) is 15.1 Å². The Balaban J connectivity index is 1.45. The molecule has 1 aromatic carbocycles. The summed E-state index contributed by atoms with van der Waals surface area (Å²) >= 11 is 5.89. The minimum absolute atomic E-state index is 0.125. The van der Waals surface area contributed by atoms with Crippen LogP contribution in [0.1, 0.15) is 16.1 Å². The molecule has 2 atom stereocenters. The first-order chi connectivity index (χ1) is 13.0. The quantitative estimate of drug-likeness (QED) is 0.861. The van der Waals surface area contributed by atoms with Crippen molar-refractivity contribution in [2.75, 3.05) is 19.6 Å². The summed E-state index contributed by atoms with van der Waals surface area (Å²) in [4.78, 5) is 41.0. The summed E-state index contributed by atoms with van der Waals surface area (Å²) in [5, 5.41) is 3.42. The van der Waals surface area contributed by atoms with Crippen LogP contribution in [0.5, 0.6) is 0 Å². The van der Waals surface area contributed by atoms with Gasteiger partial charge in [0.25, 0.3) is 5.91 Å². The number of carbonyl (C=O) groups excluding carboxylic acids is 3.